The lowest BCUT2D eigenvalue weighted by Crippen LogP contribution is -2.08. The van der Waals surface area contributed by atoms with Gasteiger partial charge in [0.15, 0.2) is 5.06 Å². The third-order valence-corrected chi connectivity index (χ3v) is 1.36. The van der Waals surface area contributed by atoms with Crippen LogP contribution in [0, 0.1) is 0 Å². The maximum absolute atomic E-state index is 9.64. The summed E-state index contributed by atoms with van der Waals surface area (Å²) in [6.07, 6.45) is -0.345. The van der Waals surface area contributed by atoms with E-state index in [0.29, 0.717) is 12.8 Å². The van der Waals surface area contributed by atoms with E-state index >= 15 is 0 Å². The van der Waals surface area contributed by atoms with Crippen LogP contribution in [0.4, 0.5) is 4.79 Å². The van der Waals surface area contributed by atoms with Crippen LogP contribution < -0.4 is 0 Å². The second-order valence-corrected chi connectivity index (χ2v) is 2.42. The van der Waals surface area contributed by atoms with Gasteiger partial charge in [-0.15, -0.1) is 0 Å². The molecule has 0 unspecified atom stereocenters. The first-order valence-electron chi connectivity index (χ1n) is 2.21. The van der Waals surface area contributed by atoms with Crippen LogP contribution in [0.15, 0.2) is 0 Å². The molecule has 0 aromatic heterocycles. The van der Waals surface area contributed by atoms with Crippen LogP contribution in [0.5, 0.6) is 0 Å². The molecule has 1 radical (unpaired) electrons. The SMILES string of the molecule is [O]C(=O)OC1(Cl)CC1. The Morgan fingerprint density at radius 1 is 1.62 bits per heavy atom. The molecule has 0 spiro atoms. The van der Waals surface area contributed by atoms with E-state index in [1.807, 2.05) is 0 Å². The van der Waals surface area contributed by atoms with E-state index in [4.69, 9.17) is 11.6 Å². The van der Waals surface area contributed by atoms with Crippen molar-refractivity contribution in [2.24, 2.45) is 0 Å². The van der Waals surface area contributed by atoms with E-state index in [0.717, 1.165) is 0 Å². The summed E-state index contributed by atoms with van der Waals surface area (Å²) < 4.78 is 4.12. The summed E-state index contributed by atoms with van der Waals surface area (Å²) >= 11 is 5.40. The molecule has 0 saturated heterocycles. The van der Waals surface area contributed by atoms with Crippen LogP contribution in [-0.2, 0) is 9.84 Å². The highest BCUT2D eigenvalue weighted by atomic mass is 35.5. The summed E-state index contributed by atoms with van der Waals surface area (Å²) in [6, 6.07) is 0. The van der Waals surface area contributed by atoms with Crippen LogP contribution in [0.3, 0.4) is 0 Å². The Hall–Kier alpha value is -0.440. The predicted molar refractivity (Wildman–Crippen MR) is 25.0 cm³/mol. The minimum absolute atomic E-state index is 0.600. The van der Waals surface area contributed by atoms with E-state index < -0.39 is 11.2 Å². The van der Waals surface area contributed by atoms with E-state index in [1.54, 1.807) is 0 Å². The van der Waals surface area contributed by atoms with E-state index in [2.05, 4.69) is 4.74 Å². The lowest BCUT2D eigenvalue weighted by molar-refractivity contribution is 0.0498. The molecule has 1 fully saturated rings. The highest BCUT2D eigenvalue weighted by Crippen LogP contribution is 2.43. The smallest absolute Gasteiger partial charge is 0.409 e. The average molecular weight is 136 g/mol. The largest absolute Gasteiger partial charge is 0.551 e. The summed E-state index contributed by atoms with van der Waals surface area (Å²) in [4.78, 5) is 9.64. The second kappa shape index (κ2) is 1.52. The van der Waals surface area contributed by atoms with Crippen molar-refractivity contribution in [1.29, 1.82) is 0 Å². The second-order valence-electron chi connectivity index (χ2n) is 1.74. The lowest BCUT2D eigenvalue weighted by atomic mass is 10.8. The summed E-state index contributed by atoms with van der Waals surface area (Å²) in [6.45, 7) is 0. The Balaban J connectivity index is 2.29. The molecule has 3 nitrogen and oxygen atoms in total. The lowest BCUT2D eigenvalue weighted by Gasteiger charge is -1.99. The van der Waals surface area contributed by atoms with Gasteiger partial charge in [-0.05, 0) is 0 Å². The fourth-order valence-corrected chi connectivity index (χ4v) is 0.507. The van der Waals surface area contributed by atoms with E-state index in [9.17, 15) is 9.90 Å². The van der Waals surface area contributed by atoms with Crippen molar-refractivity contribution in [2.45, 2.75) is 17.9 Å². The molecule has 1 saturated carbocycles. The molecule has 1 aliphatic carbocycles. The minimum atomic E-state index is -1.54. The molecule has 0 N–H and O–H groups in total. The number of alkyl halides is 1. The van der Waals surface area contributed by atoms with Crippen molar-refractivity contribution >= 4 is 17.8 Å². The highest BCUT2D eigenvalue weighted by molar-refractivity contribution is 6.25. The number of halogens is 1. The first-order valence-corrected chi connectivity index (χ1v) is 2.59. The van der Waals surface area contributed by atoms with Crippen molar-refractivity contribution in [3.63, 3.8) is 0 Å². The van der Waals surface area contributed by atoms with Gasteiger partial charge < -0.3 is 4.74 Å². The molecule has 8 heavy (non-hydrogen) atoms. The Morgan fingerprint density at radius 3 is 2.25 bits per heavy atom. The van der Waals surface area contributed by atoms with Gasteiger partial charge in [0.2, 0.25) is 0 Å². The zero-order valence-corrected chi connectivity index (χ0v) is 4.77. The summed E-state index contributed by atoms with van der Waals surface area (Å²) in [5, 5.41) is 8.72. The van der Waals surface area contributed by atoms with Crippen LogP contribution in [0.2, 0.25) is 0 Å². The fourth-order valence-electron chi connectivity index (χ4n) is 0.350. The van der Waals surface area contributed by atoms with Crippen LogP contribution in [0.25, 0.3) is 0 Å². The van der Waals surface area contributed by atoms with Crippen molar-refractivity contribution < 1.29 is 14.6 Å². The molecular weight excluding hydrogens is 131 g/mol. The maximum atomic E-state index is 9.64. The average Bonchev–Trinajstić information content (AvgIpc) is 2.17. The van der Waals surface area contributed by atoms with E-state index in [1.165, 1.54) is 0 Å². The fraction of sp³-hybridized carbons (Fsp3) is 0.750. The molecule has 4 heteroatoms. The van der Waals surface area contributed by atoms with Crippen molar-refractivity contribution in [3.05, 3.63) is 0 Å². The molecule has 0 aromatic carbocycles. The quantitative estimate of drug-likeness (QED) is 0.402. The molecule has 0 heterocycles. The molecule has 1 aliphatic rings. The number of carbonyl (C=O) groups is 1. The standard InChI is InChI=1S/C4H4ClO3/c5-4(1-2-4)8-3(6)7/h1-2H2. The Morgan fingerprint density at radius 2 is 2.12 bits per heavy atom. The van der Waals surface area contributed by atoms with E-state index in [-0.39, 0.29) is 0 Å². The maximum Gasteiger partial charge on any atom is 0.551 e. The summed E-state index contributed by atoms with van der Waals surface area (Å²) in [5.74, 6) is 0. The van der Waals surface area contributed by atoms with Gasteiger partial charge in [0.1, 0.15) is 0 Å². The van der Waals surface area contributed by atoms with Gasteiger partial charge in [-0.25, -0.2) is 0 Å². The molecule has 0 aromatic rings. The third-order valence-electron chi connectivity index (χ3n) is 0.909. The van der Waals surface area contributed by atoms with Gasteiger partial charge in [-0.3, -0.25) is 0 Å². The molecule has 0 aliphatic heterocycles. The molecule has 1 rings (SSSR count). The third kappa shape index (κ3) is 1.26. The molecule has 0 atom stereocenters. The number of carbonyl (C=O) groups excluding carboxylic acids is 1. The first-order chi connectivity index (χ1) is 3.62. The van der Waals surface area contributed by atoms with Crippen molar-refractivity contribution in [3.8, 4) is 0 Å². The Bertz CT molecular complexity index is 118. The predicted octanol–water partition coefficient (Wildman–Crippen LogP) is 1.28. The number of ether oxygens (including phenoxy) is 1. The van der Waals surface area contributed by atoms with Crippen molar-refractivity contribution in [1.82, 2.24) is 0 Å². The molecule has 0 bridgehead atoms. The minimum Gasteiger partial charge on any atom is -0.409 e. The molecule has 45 valence electrons. The van der Waals surface area contributed by atoms with Gasteiger partial charge in [0.25, 0.3) is 0 Å². The zero-order valence-electron chi connectivity index (χ0n) is 4.02. The number of hydrogen-bond acceptors (Lipinski definition) is 2. The van der Waals surface area contributed by atoms with Crippen LogP contribution in [0.1, 0.15) is 12.8 Å². The Labute approximate surface area is 51.2 Å². The first kappa shape index (κ1) is 5.69. The summed E-state index contributed by atoms with van der Waals surface area (Å²) in [7, 11) is 0. The van der Waals surface area contributed by atoms with Crippen molar-refractivity contribution in [2.75, 3.05) is 0 Å². The summed E-state index contributed by atoms with van der Waals surface area (Å²) in [5.41, 5.74) is 0. The number of rotatable bonds is 1. The number of hydrogen-bond donors (Lipinski definition) is 0. The zero-order chi connectivity index (χ0) is 6.20. The highest BCUT2D eigenvalue weighted by Gasteiger charge is 2.45. The van der Waals surface area contributed by atoms with Gasteiger partial charge in [-0.2, -0.15) is 9.90 Å². The van der Waals surface area contributed by atoms with Gasteiger partial charge in [0.05, 0.1) is 0 Å². The monoisotopic (exact) mass is 135 g/mol. The van der Waals surface area contributed by atoms with Gasteiger partial charge >= 0.3 is 6.16 Å². The van der Waals surface area contributed by atoms with Gasteiger partial charge in [0, 0.05) is 12.8 Å². The van der Waals surface area contributed by atoms with Crippen LogP contribution >= 0.6 is 11.6 Å². The molecular formula is C4H4ClO3. The topological polar surface area (TPSA) is 46.2 Å². The van der Waals surface area contributed by atoms with Crippen LogP contribution in [-0.4, -0.2) is 11.2 Å². The normalized spacial score (nSPS) is 22.1. The Kier molecular flexibility index (Phi) is 1.08. The molecule has 0 amide bonds. The van der Waals surface area contributed by atoms with Gasteiger partial charge in [-0.1, -0.05) is 11.6 Å².